The number of nitrogens with zero attached hydrogens (tertiary/aromatic N) is 3. The van der Waals surface area contributed by atoms with Gasteiger partial charge in [-0.1, -0.05) is 6.07 Å². The predicted octanol–water partition coefficient (Wildman–Crippen LogP) is 3.62. The van der Waals surface area contributed by atoms with Crippen LogP contribution < -0.4 is 10.0 Å². The van der Waals surface area contributed by atoms with Gasteiger partial charge in [0, 0.05) is 29.8 Å². The summed E-state index contributed by atoms with van der Waals surface area (Å²) in [5.41, 5.74) is 2.69. The van der Waals surface area contributed by atoms with Crippen molar-refractivity contribution < 1.29 is 22.7 Å². The van der Waals surface area contributed by atoms with Crippen molar-refractivity contribution in [2.45, 2.75) is 4.90 Å². The van der Waals surface area contributed by atoms with Crippen LogP contribution in [0.15, 0.2) is 96.3 Å². The molecule has 0 aliphatic carbocycles. The Balaban J connectivity index is 1.17. The highest BCUT2D eigenvalue weighted by atomic mass is 32.2. The van der Waals surface area contributed by atoms with E-state index in [-0.39, 0.29) is 16.3 Å². The van der Waals surface area contributed by atoms with Crippen LogP contribution in [0.2, 0.25) is 0 Å². The third kappa shape index (κ3) is 5.65. The van der Waals surface area contributed by atoms with Gasteiger partial charge in [0.05, 0.1) is 21.5 Å². The zero-order valence-electron chi connectivity index (χ0n) is 19.7. The average molecular weight is 529 g/mol. The van der Waals surface area contributed by atoms with Crippen LogP contribution in [-0.4, -0.2) is 46.8 Å². The number of carbonyl (C=O) groups excluding carboxylic acids is 2. The Morgan fingerprint density at radius 2 is 1.79 bits per heavy atom. The van der Waals surface area contributed by atoms with Crippen LogP contribution in [0.25, 0.3) is 22.4 Å². The molecule has 0 atom stereocenters. The number of rotatable bonds is 8. The first-order valence-corrected chi connectivity index (χ1v) is 12.8. The monoisotopic (exact) mass is 528 g/mol. The number of anilines is 2. The number of H-pyrrole nitrogens is 1. The van der Waals surface area contributed by atoms with E-state index in [2.05, 4.69) is 30.0 Å². The van der Waals surface area contributed by atoms with Gasteiger partial charge in [-0.3, -0.25) is 14.5 Å². The van der Waals surface area contributed by atoms with Crippen LogP contribution in [0.5, 0.6) is 0 Å². The van der Waals surface area contributed by atoms with Crippen LogP contribution in [0, 0.1) is 0 Å². The van der Waals surface area contributed by atoms with Gasteiger partial charge < -0.3 is 15.0 Å². The molecule has 0 saturated carbocycles. The van der Waals surface area contributed by atoms with E-state index in [0.717, 1.165) is 5.56 Å². The normalized spacial score (nSPS) is 11.2. The molecule has 5 aromatic rings. The minimum atomic E-state index is -3.85. The highest BCUT2D eigenvalue weighted by molar-refractivity contribution is 7.92. The fourth-order valence-electron chi connectivity index (χ4n) is 3.52. The van der Waals surface area contributed by atoms with Gasteiger partial charge in [0.25, 0.3) is 15.9 Å². The van der Waals surface area contributed by atoms with Crippen molar-refractivity contribution in [3.05, 3.63) is 97.0 Å². The summed E-state index contributed by atoms with van der Waals surface area (Å²) in [6.07, 6.45) is 4.81. The third-order valence-corrected chi connectivity index (χ3v) is 6.71. The molecule has 0 unspecified atom stereocenters. The number of aromatic amines is 1. The molecule has 190 valence electrons. The lowest BCUT2D eigenvalue weighted by atomic mass is 10.2. The Bertz CT molecular complexity index is 1710. The Labute approximate surface area is 217 Å². The molecule has 0 aliphatic heterocycles. The molecule has 5 rings (SSSR count). The van der Waals surface area contributed by atoms with E-state index in [1.807, 2.05) is 6.07 Å². The lowest BCUT2D eigenvalue weighted by Crippen LogP contribution is -2.21. The minimum absolute atomic E-state index is 0.00605. The molecular formula is C26H20N6O5S. The van der Waals surface area contributed by atoms with Crippen molar-refractivity contribution in [2.75, 3.05) is 16.6 Å². The van der Waals surface area contributed by atoms with Gasteiger partial charge in [-0.25, -0.2) is 23.2 Å². The zero-order valence-corrected chi connectivity index (χ0v) is 20.5. The predicted molar refractivity (Wildman–Crippen MR) is 140 cm³/mol. The number of imidazole rings is 1. The maximum atomic E-state index is 12.5. The summed E-state index contributed by atoms with van der Waals surface area (Å²) in [6.45, 7) is -0.526. The van der Waals surface area contributed by atoms with E-state index in [9.17, 15) is 18.0 Å². The van der Waals surface area contributed by atoms with E-state index in [1.54, 1.807) is 48.8 Å². The molecule has 0 bridgehead atoms. The van der Waals surface area contributed by atoms with Crippen LogP contribution in [0.4, 0.5) is 11.5 Å². The number of esters is 1. The third-order valence-electron chi connectivity index (χ3n) is 5.34. The van der Waals surface area contributed by atoms with Gasteiger partial charge in [-0.2, -0.15) is 0 Å². The van der Waals surface area contributed by atoms with Gasteiger partial charge in [0.1, 0.15) is 11.6 Å². The van der Waals surface area contributed by atoms with Crippen molar-refractivity contribution in [1.29, 1.82) is 0 Å². The number of sulfonamides is 1. The standard InChI is InChI=1S/C26H20N6O5S/c33-24(29-19-7-9-20(10-8-19)38(35,36)32-23-5-1-2-13-28-23)16-37-26(34)17-6-11-21-22(14-17)31-25(30-21)18-4-3-12-27-15-18/h1-15H,16H2,(H,28,32)(H,29,33)(H,30,31). The molecule has 0 fully saturated rings. The number of fused-ring (bicyclic) bond motifs is 1. The highest BCUT2D eigenvalue weighted by Gasteiger charge is 2.16. The van der Waals surface area contributed by atoms with Crippen molar-refractivity contribution in [1.82, 2.24) is 19.9 Å². The second-order valence-electron chi connectivity index (χ2n) is 8.03. The van der Waals surface area contributed by atoms with E-state index in [4.69, 9.17) is 4.74 Å². The molecule has 0 saturated heterocycles. The van der Waals surface area contributed by atoms with Crippen molar-refractivity contribution in [3.8, 4) is 11.4 Å². The topological polar surface area (TPSA) is 156 Å². The molecule has 1 amide bonds. The van der Waals surface area contributed by atoms with Crippen LogP contribution in [0.3, 0.4) is 0 Å². The fourth-order valence-corrected chi connectivity index (χ4v) is 4.53. The van der Waals surface area contributed by atoms with E-state index < -0.39 is 28.5 Å². The molecule has 0 spiro atoms. The van der Waals surface area contributed by atoms with Crippen molar-refractivity contribution >= 4 is 44.4 Å². The van der Waals surface area contributed by atoms with Gasteiger partial charge in [0.15, 0.2) is 6.61 Å². The van der Waals surface area contributed by atoms with Crippen molar-refractivity contribution in [2.24, 2.45) is 0 Å². The lowest BCUT2D eigenvalue weighted by molar-refractivity contribution is -0.119. The second-order valence-corrected chi connectivity index (χ2v) is 9.71. The summed E-state index contributed by atoms with van der Waals surface area (Å²) >= 11 is 0. The summed E-state index contributed by atoms with van der Waals surface area (Å²) < 4.78 is 32.5. The SMILES string of the molecule is O=C(COC(=O)c1ccc2nc(-c3cccnc3)[nH]c2c1)Nc1ccc(S(=O)(=O)Nc2ccccn2)cc1. The van der Waals surface area contributed by atoms with Gasteiger partial charge in [0.2, 0.25) is 0 Å². The number of carbonyl (C=O) groups is 2. The van der Waals surface area contributed by atoms with Gasteiger partial charge in [-0.15, -0.1) is 0 Å². The number of pyridine rings is 2. The number of aromatic nitrogens is 4. The maximum absolute atomic E-state index is 12.5. The van der Waals surface area contributed by atoms with E-state index in [0.29, 0.717) is 22.5 Å². The van der Waals surface area contributed by atoms with Crippen LogP contribution >= 0.6 is 0 Å². The molecule has 0 radical (unpaired) electrons. The minimum Gasteiger partial charge on any atom is -0.452 e. The second kappa shape index (κ2) is 10.5. The average Bonchev–Trinajstić information content (AvgIpc) is 3.36. The Hall–Kier alpha value is -5.10. The first kappa shape index (κ1) is 24.6. The number of hydrogen-bond acceptors (Lipinski definition) is 8. The molecule has 3 N–H and O–H groups in total. The first-order chi connectivity index (χ1) is 18.4. The summed E-state index contributed by atoms with van der Waals surface area (Å²) in [7, 11) is -3.85. The molecule has 11 nitrogen and oxygen atoms in total. The molecule has 3 heterocycles. The summed E-state index contributed by atoms with van der Waals surface area (Å²) in [5, 5.41) is 2.56. The molecule has 2 aromatic carbocycles. The Kier molecular flexibility index (Phi) is 6.78. The largest absolute Gasteiger partial charge is 0.452 e. The van der Waals surface area contributed by atoms with E-state index in [1.165, 1.54) is 36.5 Å². The van der Waals surface area contributed by atoms with Crippen LogP contribution in [-0.2, 0) is 19.6 Å². The maximum Gasteiger partial charge on any atom is 0.338 e. The highest BCUT2D eigenvalue weighted by Crippen LogP contribution is 2.21. The van der Waals surface area contributed by atoms with Crippen LogP contribution in [0.1, 0.15) is 10.4 Å². The Morgan fingerprint density at radius 3 is 2.53 bits per heavy atom. The quantitative estimate of drug-likeness (QED) is 0.258. The number of hydrogen-bond donors (Lipinski definition) is 3. The number of nitrogens with one attached hydrogen (secondary N) is 3. The number of benzene rings is 2. The fraction of sp³-hybridized carbons (Fsp3) is 0.0385. The summed E-state index contributed by atoms with van der Waals surface area (Å²) in [4.78, 5) is 40.4. The first-order valence-electron chi connectivity index (χ1n) is 11.3. The zero-order chi connectivity index (χ0) is 26.5. The number of ether oxygens (including phenoxy) is 1. The van der Waals surface area contributed by atoms with Gasteiger partial charge in [-0.05, 0) is 66.7 Å². The van der Waals surface area contributed by atoms with E-state index >= 15 is 0 Å². The molecule has 12 heteroatoms. The molecule has 38 heavy (non-hydrogen) atoms. The number of amides is 1. The molecule has 3 aromatic heterocycles. The molecule has 0 aliphatic rings. The Morgan fingerprint density at radius 1 is 0.947 bits per heavy atom. The lowest BCUT2D eigenvalue weighted by Gasteiger charge is -2.09. The molecular weight excluding hydrogens is 508 g/mol. The smallest absolute Gasteiger partial charge is 0.338 e. The van der Waals surface area contributed by atoms with Crippen molar-refractivity contribution in [3.63, 3.8) is 0 Å². The van der Waals surface area contributed by atoms with Gasteiger partial charge >= 0.3 is 5.97 Å². The summed E-state index contributed by atoms with van der Waals surface area (Å²) in [5.74, 6) is -0.458. The summed E-state index contributed by atoms with van der Waals surface area (Å²) in [6, 6.07) is 18.9.